The first-order valence-corrected chi connectivity index (χ1v) is 8.39. The molecule has 1 aromatic heterocycles. The van der Waals surface area contributed by atoms with Crippen molar-refractivity contribution in [1.82, 2.24) is 10.5 Å². The van der Waals surface area contributed by atoms with E-state index in [2.05, 4.69) is 15.8 Å². The molecular weight excluding hydrogens is 340 g/mol. The van der Waals surface area contributed by atoms with Crippen molar-refractivity contribution in [2.45, 2.75) is 38.0 Å². The fourth-order valence-electron chi connectivity index (χ4n) is 2.05. The molecule has 2 rings (SSSR count). The number of carbonyl (C=O) groups excluding carboxylic acids is 2. The van der Waals surface area contributed by atoms with Gasteiger partial charge in [0.15, 0.2) is 5.82 Å². The van der Waals surface area contributed by atoms with E-state index in [0.29, 0.717) is 24.0 Å². The third-order valence-corrected chi connectivity index (χ3v) is 4.65. The fraction of sp³-hybridized carbons (Fsp3) is 0.643. The summed E-state index contributed by atoms with van der Waals surface area (Å²) in [5.74, 6) is 1.48. The molecule has 2 amide bonds. The number of nitrogens with zero attached hydrogens (tertiary/aromatic N) is 1. The van der Waals surface area contributed by atoms with E-state index in [0.717, 1.165) is 12.8 Å². The Bertz CT molecular complexity index is 536. The van der Waals surface area contributed by atoms with Crippen LogP contribution in [0.15, 0.2) is 10.6 Å². The summed E-state index contributed by atoms with van der Waals surface area (Å²) in [6, 6.07) is 1.71. The van der Waals surface area contributed by atoms with Gasteiger partial charge in [-0.25, -0.2) is 0 Å². The highest BCUT2D eigenvalue weighted by Gasteiger charge is 2.31. The van der Waals surface area contributed by atoms with Crippen LogP contribution in [0.4, 0.5) is 5.82 Å². The molecule has 23 heavy (non-hydrogen) atoms. The van der Waals surface area contributed by atoms with E-state index in [1.807, 2.05) is 0 Å². The summed E-state index contributed by atoms with van der Waals surface area (Å²) in [4.78, 5) is 23.9. The summed E-state index contributed by atoms with van der Waals surface area (Å²) in [7, 11) is 0. The van der Waals surface area contributed by atoms with E-state index in [9.17, 15) is 9.59 Å². The van der Waals surface area contributed by atoms with Crippen LogP contribution in [0.25, 0.3) is 0 Å². The molecule has 1 saturated carbocycles. The van der Waals surface area contributed by atoms with Gasteiger partial charge in [0.1, 0.15) is 5.76 Å². The Kier molecular flexibility index (Phi) is 7.87. The van der Waals surface area contributed by atoms with Crippen LogP contribution < -0.4 is 16.4 Å². The zero-order valence-corrected chi connectivity index (χ0v) is 14.8. The third-order valence-electron chi connectivity index (χ3n) is 3.50. The number of aromatic nitrogens is 1. The lowest BCUT2D eigenvalue weighted by atomic mass is 10.2. The molecular formula is C14H23ClN4O3S. The number of aryl methyl sites for hydroxylation is 1. The van der Waals surface area contributed by atoms with E-state index < -0.39 is 0 Å². The Balaban J connectivity index is 0.00000264. The third kappa shape index (κ3) is 6.40. The maximum Gasteiger partial charge on any atom is 0.238 e. The lowest BCUT2D eigenvalue weighted by molar-refractivity contribution is -0.119. The van der Waals surface area contributed by atoms with Crippen molar-refractivity contribution in [2.24, 2.45) is 11.7 Å². The van der Waals surface area contributed by atoms with Gasteiger partial charge in [0, 0.05) is 18.7 Å². The standard InChI is InChI=1S/C14H22N4O3S.ClH/c1-8-5-12(18-21-8)17-14(20)9(2)22-7-13(19)16-11(6-15)10-3-4-10;/h5,9-11H,3-4,6-7,15H2,1-2H3,(H,16,19)(H,17,18,20);1H. The molecule has 2 unspecified atom stereocenters. The summed E-state index contributed by atoms with van der Waals surface area (Å²) in [5, 5.41) is 8.92. The second-order valence-corrected chi connectivity index (χ2v) is 6.84. The molecule has 4 N–H and O–H groups in total. The van der Waals surface area contributed by atoms with E-state index >= 15 is 0 Å². The topological polar surface area (TPSA) is 110 Å². The molecule has 0 radical (unpaired) electrons. The number of thioether (sulfide) groups is 1. The van der Waals surface area contributed by atoms with E-state index in [4.69, 9.17) is 10.3 Å². The van der Waals surface area contributed by atoms with Gasteiger partial charge in [-0.05, 0) is 32.6 Å². The summed E-state index contributed by atoms with van der Waals surface area (Å²) in [6.07, 6.45) is 2.26. The van der Waals surface area contributed by atoms with Crippen molar-refractivity contribution < 1.29 is 14.1 Å². The van der Waals surface area contributed by atoms with Crippen molar-refractivity contribution in [3.8, 4) is 0 Å². The normalized spacial score (nSPS) is 16.1. The number of hydrogen-bond acceptors (Lipinski definition) is 6. The molecule has 130 valence electrons. The maximum atomic E-state index is 12.0. The van der Waals surface area contributed by atoms with Gasteiger partial charge >= 0.3 is 0 Å². The zero-order valence-electron chi connectivity index (χ0n) is 13.2. The van der Waals surface area contributed by atoms with Crippen LogP contribution in [0, 0.1) is 12.8 Å². The Hall–Kier alpha value is -1.25. The molecule has 7 nitrogen and oxygen atoms in total. The average Bonchev–Trinajstić information content (AvgIpc) is 3.25. The van der Waals surface area contributed by atoms with Gasteiger partial charge in [-0.15, -0.1) is 24.2 Å². The molecule has 0 spiro atoms. The number of anilines is 1. The number of halogens is 1. The lowest BCUT2D eigenvalue weighted by Crippen LogP contribution is -2.42. The summed E-state index contributed by atoms with van der Waals surface area (Å²) in [5.41, 5.74) is 5.65. The zero-order chi connectivity index (χ0) is 16.1. The average molecular weight is 363 g/mol. The highest BCUT2D eigenvalue weighted by atomic mass is 35.5. The Morgan fingerprint density at radius 2 is 2.22 bits per heavy atom. The quantitative estimate of drug-likeness (QED) is 0.643. The number of hydrogen-bond donors (Lipinski definition) is 3. The first kappa shape index (κ1) is 19.8. The summed E-state index contributed by atoms with van der Waals surface area (Å²) >= 11 is 1.28. The van der Waals surface area contributed by atoms with Crippen molar-refractivity contribution in [1.29, 1.82) is 0 Å². The molecule has 9 heteroatoms. The first-order chi connectivity index (χ1) is 10.5. The molecule has 1 aromatic rings. The molecule has 1 aliphatic carbocycles. The molecule has 2 atom stereocenters. The molecule has 1 fully saturated rings. The minimum atomic E-state index is -0.361. The van der Waals surface area contributed by atoms with Crippen molar-refractivity contribution in [2.75, 3.05) is 17.6 Å². The maximum absolute atomic E-state index is 12.0. The Morgan fingerprint density at radius 1 is 1.52 bits per heavy atom. The van der Waals surface area contributed by atoms with E-state index in [1.165, 1.54) is 11.8 Å². The first-order valence-electron chi connectivity index (χ1n) is 7.34. The Labute approximate surface area is 145 Å². The SMILES string of the molecule is Cc1cc(NC(=O)C(C)SCC(=O)NC(CN)C2CC2)no1.Cl. The van der Waals surface area contributed by atoms with Crippen LogP contribution >= 0.6 is 24.2 Å². The van der Waals surface area contributed by atoms with Gasteiger partial charge in [-0.3, -0.25) is 9.59 Å². The number of amides is 2. The van der Waals surface area contributed by atoms with Crippen LogP contribution in [0.3, 0.4) is 0 Å². The van der Waals surface area contributed by atoms with Crippen LogP contribution in [-0.4, -0.2) is 40.6 Å². The van der Waals surface area contributed by atoms with Gasteiger partial charge in [0.2, 0.25) is 11.8 Å². The molecule has 0 bridgehead atoms. The lowest BCUT2D eigenvalue weighted by Gasteiger charge is -2.16. The fourth-order valence-corrected chi connectivity index (χ4v) is 2.74. The monoisotopic (exact) mass is 362 g/mol. The molecule has 0 aromatic carbocycles. The van der Waals surface area contributed by atoms with Crippen LogP contribution in [0.5, 0.6) is 0 Å². The molecule has 1 aliphatic rings. The van der Waals surface area contributed by atoms with Crippen LogP contribution in [0.2, 0.25) is 0 Å². The van der Waals surface area contributed by atoms with Gasteiger partial charge in [-0.1, -0.05) is 5.16 Å². The molecule has 0 aliphatic heterocycles. The number of nitrogens with two attached hydrogens (primary N) is 1. The van der Waals surface area contributed by atoms with Gasteiger partial charge in [0.25, 0.3) is 0 Å². The van der Waals surface area contributed by atoms with Crippen LogP contribution in [0.1, 0.15) is 25.5 Å². The Morgan fingerprint density at radius 3 is 2.74 bits per heavy atom. The van der Waals surface area contributed by atoms with E-state index in [1.54, 1.807) is 19.9 Å². The van der Waals surface area contributed by atoms with Gasteiger partial charge in [0.05, 0.1) is 11.0 Å². The van der Waals surface area contributed by atoms with Crippen molar-refractivity contribution in [3.63, 3.8) is 0 Å². The van der Waals surface area contributed by atoms with Gasteiger partial charge in [-0.2, -0.15) is 0 Å². The second-order valence-electron chi connectivity index (χ2n) is 5.51. The largest absolute Gasteiger partial charge is 0.360 e. The van der Waals surface area contributed by atoms with E-state index in [-0.39, 0.29) is 41.3 Å². The number of rotatable bonds is 8. The minimum absolute atomic E-state index is 0. The predicted octanol–water partition coefficient (Wildman–Crippen LogP) is 1.32. The number of nitrogens with one attached hydrogen (secondary N) is 2. The number of carbonyl (C=O) groups is 2. The molecule has 0 saturated heterocycles. The highest BCUT2D eigenvalue weighted by molar-refractivity contribution is 8.01. The summed E-state index contributed by atoms with van der Waals surface area (Å²) in [6.45, 7) is 3.96. The second kappa shape index (κ2) is 9.14. The smallest absolute Gasteiger partial charge is 0.238 e. The van der Waals surface area contributed by atoms with Gasteiger partial charge < -0.3 is 20.9 Å². The van der Waals surface area contributed by atoms with Crippen molar-refractivity contribution >= 4 is 41.8 Å². The predicted molar refractivity (Wildman–Crippen MR) is 92.7 cm³/mol. The van der Waals surface area contributed by atoms with Crippen LogP contribution in [-0.2, 0) is 9.59 Å². The highest BCUT2D eigenvalue weighted by Crippen LogP contribution is 2.32. The molecule has 1 heterocycles. The summed E-state index contributed by atoms with van der Waals surface area (Å²) < 4.78 is 4.88. The van der Waals surface area contributed by atoms with Crippen molar-refractivity contribution in [3.05, 3.63) is 11.8 Å². The minimum Gasteiger partial charge on any atom is -0.360 e.